The fourth-order valence-corrected chi connectivity index (χ4v) is 3.41. The van der Waals surface area contributed by atoms with Crippen molar-refractivity contribution in [1.29, 1.82) is 0 Å². The number of aliphatic hydroxyl groups excluding tert-OH is 1. The van der Waals surface area contributed by atoms with E-state index in [1.165, 1.54) is 6.42 Å². The van der Waals surface area contributed by atoms with Crippen molar-refractivity contribution >= 4 is 5.91 Å². The van der Waals surface area contributed by atoms with Crippen LogP contribution in [0, 0.1) is 0 Å². The Morgan fingerprint density at radius 1 is 1.11 bits per heavy atom. The molecule has 0 radical (unpaired) electrons. The lowest BCUT2D eigenvalue weighted by Crippen LogP contribution is -2.45. The Kier molecular flexibility index (Phi) is 7.25. The molecule has 0 unspecified atom stereocenters. The second kappa shape index (κ2) is 10.1. The van der Waals surface area contributed by atoms with E-state index in [4.69, 9.17) is 4.74 Å². The third kappa shape index (κ3) is 5.81. The van der Waals surface area contributed by atoms with Crippen molar-refractivity contribution in [3.05, 3.63) is 65.7 Å². The van der Waals surface area contributed by atoms with Gasteiger partial charge in [-0.1, -0.05) is 36.8 Å². The number of likely N-dealkylation sites (tertiary alicyclic amines) is 1. The first-order chi connectivity index (χ1) is 13.3. The summed E-state index contributed by atoms with van der Waals surface area (Å²) in [5, 5.41) is 12.4. The van der Waals surface area contributed by atoms with Gasteiger partial charge in [0.1, 0.15) is 12.4 Å². The first-order valence-electron chi connectivity index (χ1n) is 9.66. The van der Waals surface area contributed by atoms with Crippen molar-refractivity contribution < 1.29 is 14.6 Å². The lowest BCUT2D eigenvalue weighted by atomic mass is 10.0. The molecular weight excluding hydrogens is 340 g/mol. The van der Waals surface area contributed by atoms with Crippen LogP contribution < -0.4 is 10.1 Å². The van der Waals surface area contributed by atoms with Crippen LogP contribution in [0.15, 0.2) is 54.6 Å². The van der Waals surface area contributed by atoms with Crippen molar-refractivity contribution in [3.63, 3.8) is 0 Å². The standard InChI is InChI=1S/C22H28N2O3/c25-16-20-6-4-5-14-24(20)15-13-23-22(26)19-11-9-18(10-12-19)17-27-21-7-2-1-3-8-21/h1-3,7-12,20,25H,4-6,13-17H2,(H,23,26)/t20-/m0/s1. The minimum Gasteiger partial charge on any atom is -0.489 e. The number of carbonyl (C=O) groups is 1. The number of piperidine rings is 1. The van der Waals surface area contributed by atoms with Gasteiger partial charge < -0.3 is 15.2 Å². The number of hydrogen-bond acceptors (Lipinski definition) is 4. The van der Waals surface area contributed by atoms with Gasteiger partial charge in [-0.25, -0.2) is 0 Å². The number of nitrogens with one attached hydrogen (secondary N) is 1. The van der Waals surface area contributed by atoms with Crippen molar-refractivity contribution in [2.75, 3.05) is 26.2 Å². The van der Waals surface area contributed by atoms with Gasteiger partial charge in [0, 0.05) is 24.7 Å². The molecular formula is C22H28N2O3. The van der Waals surface area contributed by atoms with Crippen molar-refractivity contribution in [3.8, 4) is 5.75 Å². The van der Waals surface area contributed by atoms with Crippen LogP contribution in [-0.4, -0.2) is 48.2 Å². The van der Waals surface area contributed by atoms with E-state index in [1.807, 2.05) is 54.6 Å². The number of aliphatic hydroxyl groups is 1. The van der Waals surface area contributed by atoms with Crippen molar-refractivity contribution in [2.24, 2.45) is 0 Å². The van der Waals surface area contributed by atoms with Gasteiger partial charge in [0.15, 0.2) is 0 Å². The van der Waals surface area contributed by atoms with E-state index in [0.717, 1.165) is 37.2 Å². The molecule has 1 atom stereocenters. The van der Waals surface area contributed by atoms with Crippen LogP contribution in [0.25, 0.3) is 0 Å². The first-order valence-corrected chi connectivity index (χ1v) is 9.66. The van der Waals surface area contributed by atoms with Crippen LogP contribution in [0.5, 0.6) is 5.75 Å². The topological polar surface area (TPSA) is 61.8 Å². The second-order valence-corrected chi connectivity index (χ2v) is 6.92. The zero-order valence-electron chi connectivity index (χ0n) is 15.6. The number of benzene rings is 2. The molecule has 1 fully saturated rings. The van der Waals surface area contributed by atoms with Gasteiger partial charge in [-0.3, -0.25) is 9.69 Å². The van der Waals surface area contributed by atoms with E-state index in [2.05, 4.69) is 10.2 Å². The summed E-state index contributed by atoms with van der Waals surface area (Å²) < 4.78 is 5.72. The summed E-state index contributed by atoms with van der Waals surface area (Å²) in [5.74, 6) is 0.765. The molecule has 144 valence electrons. The fraction of sp³-hybridized carbons (Fsp3) is 0.409. The third-order valence-corrected chi connectivity index (χ3v) is 5.01. The van der Waals surface area contributed by atoms with Gasteiger partial charge in [-0.15, -0.1) is 0 Å². The molecule has 27 heavy (non-hydrogen) atoms. The van der Waals surface area contributed by atoms with Gasteiger partial charge in [0.05, 0.1) is 6.61 Å². The Morgan fingerprint density at radius 2 is 1.89 bits per heavy atom. The highest BCUT2D eigenvalue weighted by atomic mass is 16.5. The molecule has 2 aromatic carbocycles. The number of amides is 1. The monoisotopic (exact) mass is 368 g/mol. The molecule has 3 rings (SSSR count). The molecule has 1 amide bonds. The van der Waals surface area contributed by atoms with Crippen LogP contribution in [0.1, 0.15) is 35.2 Å². The predicted molar refractivity (Wildman–Crippen MR) is 106 cm³/mol. The van der Waals surface area contributed by atoms with Gasteiger partial charge in [-0.2, -0.15) is 0 Å². The van der Waals surface area contributed by atoms with E-state index in [1.54, 1.807) is 0 Å². The highest BCUT2D eigenvalue weighted by Crippen LogP contribution is 2.16. The van der Waals surface area contributed by atoms with Crippen molar-refractivity contribution in [1.82, 2.24) is 10.2 Å². The maximum atomic E-state index is 12.3. The lowest BCUT2D eigenvalue weighted by molar-refractivity contribution is 0.0849. The van der Waals surface area contributed by atoms with Crippen LogP contribution in [-0.2, 0) is 6.61 Å². The molecule has 1 saturated heterocycles. The van der Waals surface area contributed by atoms with Gasteiger partial charge in [0.25, 0.3) is 5.91 Å². The Bertz CT molecular complexity index is 703. The minimum absolute atomic E-state index is 0.0666. The Labute approximate surface area is 161 Å². The van der Waals surface area contributed by atoms with Crippen molar-refractivity contribution in [2.45, 2.75) is 31.9 Å². The zero-order valence-corrected chi connectivity index (χ0v) is 15.6. The van der Waals surface area contributed by atoms with E-state index in [9.17, 15) is 9.90 Å². The van der Waals surface area contributed by atoms with Crippen LogP contribution in [0.2, 0.25) is 0 Å². The first kappa shape index (κ1) is 19.4. The number of para-hydroxylation sites is 1. The lowest BCUT2D eigenvalue weighted by Gasteiger charge is -2.34. The predicted octanol–water partition coefficient (Wildman–Crippen LogP) is 2.84. The van der Waals surface area contributed by atoms with E-state index >= 15 is 0 Å². The molecule has 0 spiro atoms. The molecule has 2 aromatic rings. The van der Waals surface area contributed by atoms with Crippen LogP contribution >= 0.6 is 0 Å². The highest BCUT2D eigenvalue weighted by molar-refractivity contribution is 5.94. The molecule has 1 aliphatic heterocycles. The van der Waals surface area contributed by atoms with Crippen LogP contribution in [0.3, 0.4) is 0 Å². The Hall–Kier alpha value is -2.37. The highest BCUT2D eigenvalue weighted by Gasteiger charge is 2.21. The SMILES string of the molecule is O=C(NCCN1CCCC[C@H]1CO)c1ccc(COc2ccccc2)cc1. The van der Waals surface area contributed by atoms with Gasteiger partial charge in [-0.05, 0) is 49.2 Å². The van der Waals surface area contributed by atoms with Gasteiger partial charge in [0.2, 0.25) is 0 Å². The molecule has 0 aromatic heterocycles. The Balaban J connectivity index is 1.43. The maximum Gasteiger partial charge on any atom is 0.251 e. The molecule has 5 heteroatoms. The molecule has 0 bridgehead atoms. The minimum atomic E-state index is -0.0666. The number of rotatable bonds is 8. The summed E-state index contributed by atoms with van der Waals surface area (Å²) in [7, 11) is 0. The summed E-state index contributed by atoms with van der Waals surface area (Å²) in [6, 6.07) is 17.4. The molecule has 2 N–H and O–H groups in total. The normalized spacial score (nSPS) is 17.4. The number of hydrogen-bond donors (Lipinski definition) is 2. The zero-order chi connectivity index (χ0) is 18.9. The van der Waals surface area contributed by atoms with E-state index in [0.29, 0.717) is 18.7 Å². The summed E-state index contributed by atoms with van der Waals surface area (Å²) in [4.78, 5) is 14.6. The summed E-state index contributed by atoms with van der Waals surface area (Å²) in [6.45, 7) is 3.04. The third-order valence-electron chi connectivity index (χ3n) is 5.01. The molecule has 0 saturated carbocycles. The van der Waals surface area contributed by atoms with E-state index in [-0.39, 0.29) is 18.6 Å². The quantitative estimate of drug-likeness (QED) is 0.752. The Morgan fingerprint density at radius 3 is 2.63 bits per heavy atom. The molecule has 0 aliphatic carbocycles. The van der Waals surface area contributed by atoms with E-state index < -0.39 is 0 Å². The van der Waals surface area contributed by atoms with Crippen LogP contribution in [0.4, 0.5) is 0 Å². The second-order valence-electron chi connectivity index (χ2n) is 6.92. The fourth-order valence-electron chi connectivity index (χ4n) is 3.41. The molecule has 5 nitrogen and oxygen atoms in total. The average Bonchev–Trinajstić information content (AvgIpc) is 2.73. The summed E-state index contributed by atoms with van der Waals surface area (Å²) in [6.07, 6.45) is 3.38. The molecule has 1 heterocycles. The maximum absolute atomic E-state index is 12.3. The number of ether oxygens (including phenoxy) is 1. The summed E-state index contributed by atoms with van der Waals surface area (Å²) >= 11 is 0. The largest absolute Gasteiger partial charge is 0.489 e. The smallest absolute Gasteiger partial charge is 0.251 e. The summed E-state index contributed by atoms with van der Waals surface area (Å²) in [5.41, 5.74) is 1.67. The average molecular weight is 368 g/mol. The number of carbonyl (C=O) groups excluding carboxylic acids is 1. The number of nitrogens with zero attached hydrogens (tertiary/aromatic N) is 1. The molecule has 1 aliphatic rings. The van der Waals surface area contributed by atoms with Gasteiger partial charge >= 0.3 is 0 Å².